The van der Waals surface area contributed by atoms with Gasteiger partial charge in [0.2, 0.25) is 5.91 Å². The predicted octanol–water partition coefficient (Wildman–Crippen LogP) is 4.72. The number of hydrazone groups is 1. The fourth-order valence-corrected chi connectivity index (χ4v) is 3.62. The minimum absolute atomic E-state index is 0.119. The first-order chi connectivity index (χ1) is 13.9. The highest BCUT2D eigenvalue weighted by Gasteiger charge is 2.11. The zero-order valence-corrected chi connectivity index (χ0v) is 16.7. The first-order valence-electron chi connectivity index (χ1n) is 8.80. The quantitative estimate of drug-likeness (QED) is 0.449. The van der Waals surface area contributed by atoms with Gasteiger partial charge < -0.3 is 4.74 Å². The Kier molecular flexibility index (Phi) is 6.66. The lowest BCUT2D eigenvalue weighted by Gasteiger charge is -2.11. The van der Waals surface area contributed by atoms with Gasteiger partial charge in [-0.05, 0) is 42.7 Å². The smallest absolute Gasteiger partial charge is 0.387 e. The molecule has 150 valence electrons. The fourth-order valence-electron chi connectivity index (χ4n) is 2.82. The molecule has 0 fully saturated rings. The van der Waals surface area contributed by atoms with Gasteiger partial charge >= 0.3 is 6.61 Å². The molecule has 5 nitrogen and oxygen atoms in total. The molecule has 3 rings (SSSR count). The molecule has 0 saturated carbocycles. The third kappa shape index (κ3) is 5.68. The number of alkyl halides is 2. The Morgan fingerprint density at radius 3 is 2.59 bits per heavy atom. The zero-order valence-electron chi connectivity index (χ0n) is 15.9. The summed E-state index contributed by atoms with van der Waals surface area (Å²) in [6.07, 6.45) is 1.58. The second-order valence-corrected chi connectivity index (χ2v) is 7.27. The molecular weight excluding hydrogens is 396 g/mol. The summed E-state index contributed by atoms with van der Waals surface area (Å²) in [5.41, 5.74) is 6.09. The van der Waals surface area contributed by atoms with Crippen molar-refractivity contribution in [2.24, 2.45) is 5.10 Å². The van der Waals surface area contributed by atoms with Crippen LogP contribution >= 0.6 is 11.3 Å². The number of nitrogens with zero attached hydrogens (tertiary/aromatic N) is 2. The normalized spacial score (nSPS) is 11.2. The zero-order chi connectivity index (χ0) is 20.8. The molecule has 0 bridgehead atoms. The number of amides is 1. The Morgan fingerprint density at radius 2 is 1.93 bits per heavy atom. The van der Waals surface area contributed by atoms with E-state index in [1.165, 1.54) is 17.6 Å². The van der Waals surface area contributed by atoms with Crippen LogP contribution in [0.1, 0.15) is 21.7 Å². The van der Waals surface area contributed by atoms with Gasteiger partial charge in [0.15, 0.2) is 0 Å². The number of nitrogens with one attached hydrogen (secondary N) is 1. The SMILES string of the molecule is Cc1cc(/C=N\NC(=O)Cc2nc(-c3ccccc3)cs2)cc(C)c1OC(F)F. The molecule has 3 aromatic rings. The number of hydrogen-bond donors (Lipinski definition) is 1. The van der Waals surface area contributed by atoms with Crippen molar-refractivity contribution in [2.75, 3.05) is 0 Å². The van der Waals surface area contributed by atoms with Crippen molar-refractivity contribution < 1.29 is 18.3 Å². The van der Waals surface area contributed by atoms with Crippen molar-refractivity contribution >= 4 is 23.5 Å². The fraction of sp³-hybridized carbons (Fsp3) is 0.190. The number of rotatable bonds is 7. The number of aromatic nitrogens is 1. The maximum atomic E-state index is 12.4. The van der Waals surface area contributed by atoms with Gasteiger partial charge in [-0.25, -0.2) is 10.4 Å². The van der Waals surface area contributed by atoms with Crippen molar-refractivity contribution in [2.45, 2.75) is 26.9 Å². The van der Waals surface area contributed by atoms with Crippen LogP contribution in [0.5, 0.6) is 5.75 Å². The molecule has 0 saturated heterocycles. The molecule has 8 heteroatoms. The number of carbonyl (C=O) groups is 1. The minimum atomic E-state index is -2.88. The number of aryl methyl sites for hydroxylation is 2. The molecule has 1 heterocycles. The Labute approximate surface area is 171 Å². The van der Waals surface area contributed by atoms with E-state index in [0.717, 1.165) is 11.3 Å². The van der Waals surface area contributed by atoms with E-state index in [9.17, 15) is 13.6 Å². The molecule has 0 aliphatic rings. The number of carbonyl (C=O) groups excluding carboxylic acids is 1. The van der Waals surface area contributed by atoms with Crippen LogP contribution in [0, 0.1) is 13.8 Å². The van der Waals surface area contributed by atoms with Crippen LogP contribution < -0.4 is 10.2 Å². The molecule has 0 radical (unpaired) electrons. The average molecular weight is 415 g/mol. The van der Waals surface area contributed by atoms with Gasteiger partial charge in [-0.2, -0.15) is 13.9 Å². The lowest BCUT2D eigenvalue weighted by Crippen LogP contribution is -2.19. The lowest BCUT2D eigenvalue weighted by molar-refractivity contribution is -0.120. The number of halogens is 2. The van der Waals surface area contributed by atoms with E-state index < -0.39 is 6.61 Å². The predicted molar refractivity (Wildman–Crippen MR) is 110 cm³/mol. The van der Waals surface area contributed by atoms with Crippen LogP contribution in [0.25, 0.3) is 11.3 Å². The maximum absolute atomic E-state index is 12.4. The van der Waals surface area contributed by atoms with E-state index >= 15 is 0 Å². The van der Waals surface area contributed by atoms with Gasteiger partial charge in [0, 0.05) is 10.9 Å². The molecule has 0 unspecified atom stereocenters. The minimum Gasteiger partial charge on any atom is -0.434 e. The molecule has 0 aliphatic heterocycles. The third-order valence-corrected chi connectivity index (χ3v) is 4.87. The summed E-state index contributed by atoms with van der Waals surface area (Å²) in [6, 6.07) is 13.1. The Bertz CT molecular complexity index is 997. The summed E-state index contributed by atoms with van der Waals surface area (Å²) >= 11 is 1.41. The standard InChI is InChI=1S/C21H19F2N3O2S/c1-13-8-15(9-14(2)20(13)28-21(22)23)11-24-26-18(27)10-19-25-17(12-29-19)16-6-4-3-5-7-16/h3-9,11-12,21H,10H2,1-2H3,(H,26,27)/b24-11-. The lowest BCUT2D eigenvalue weighted by atomic mass is 10.1. The Balaban J connectivity index is 1.58. The molecule has 2 aromatic carbocycles. The number of thiazole rings is 1. The summed E-state index contributed by atoms with van der Waals surface area (Å²) in [4.78, 5) is 16.6. The van der Waals surface area contributed by atoms with Gasteiger partial charge in [-0.3, -0.25) is 4.79 Å². The topological polar surface area (TPSA) is 63.6 Å². The molecular formula is C21H19F2N3O2S. The van der Waals surface area contributed by atoms with Crippen molar-refractivity contribution in [1.29, 1.82) is 0 Å². The molecule has 1 amide bonds. The van der Waals surface area contributed by atoms with E-state index in [4.69, 9.17) is 0 Å². The Hall–Kier alpha value is -3.13. The van der Waals surface area contributed by atoms with Gasteiger partial charge in [-0.15, -0.1) is 11.3 Å². The molecule has 29 heavy (non-hydrogen) atoms. The van der Waals surface area contributed by atoms with Crippen LogP contribution in [-0.4, -0.2) is 23.7 Å². The van der Waals surface area contributed by atoms with E-state index in [1.807, 2.05) is 35.7 Å². The first-order valence-corrected chi connectivity index (χ1v) is 9.68. The number of benzene rings is 2. The largest absolute Gasteiger partial charge is 0.434 e. The van der Waals surface area contributed by atoms with Crippen molar-refractivity contribution in [3.05, 3.63) is 69.5 Å². The van der Waals surface area contributed by atoms with Crippen LogP contribution in [0.2, 0.25) is 0 Å². The molecule has 0 atom stereocenters. The molecule has 1 N–H and O–H groups in total. The van der Waals surface area contributed by atoms with Crippen LogP contribution in [0.3, 0.4) is 0 Å². The van der Waals surface area contributed by atoms with Crippen LogP contribution in [0.4, 0.5) is 8.78 Å². The van der Waals surface area contributed by atoms with Crippen LogP contribution in [0.15, 0.2) is 52.9 Å². The second kappa shape index (κ2) is 9.38. The Morgan fingerprint density at radius 1 is 1.24 bits per heavy atom. The van der Waals surface area contributed by atoms with Crippen LogP contribution in [-0.2, 0) is 11.2 Å². The molecule has 0 aliphatic carbocycles. The summed E-state index contributed by atoms with van der Waals surface area (Å²) in [7, 11) is 0. The number of ether oxygens (including phenoxy) is 1. The highest BCUT2D eigenvalue weighted by atomic mass is 32.1. The molecule has 0 spiro atoms. The first kappa shape index (κ1) is 20.6. The monoisotopic (exact) mass is 415 g/mol. The summed E-state index contributed by atoms with van der Waals surface area (Å²) < 4.78 is 29.4. The maximum Gasteiger partial charge on any atom is 0.387 e. The summed E-state index contributed by atoms with van der Waals surface area (Å²) in [6.45, 7) is 0.473. The van der Waals surface area contributed by atoms with Crippen molar-refractivity contribution in [3.8, 4) is 17.0 Å². The third-order valence-electron chi connectivity index (χ3n) is 4.03. The van der Waals surface area contributed by atoms with Gasteiger partial charge in [0.05, 0.1) is 18.3 Å². The summed E-state index contributed by atoms with van der Waals surface area (Å²) in [5.74, 6) is -0.138. The van der Waals surface area contributed by atoms with Crippen molar-refractivity contribution in [3.63, 3.8) is 0 Å². The van der Waals surface area contributed by atoms with Gasteiger partial charge in [-0.1, -0.05) is 30.3 Å². The van der Waals surface area contributed by atoms with E-state index in [0.29, 0.717) is 21.7 Å². The number of hydrogen-bond acceptors (Lipinski definition) is 5. The van der Waals surface area contributed by atoms with Crippen molar-refractivity contribution in [1.82, 2.24) is 10.4 Å². The second-order valence-electron chi connectivity index (χ2n) is 6.32. The van der Waals surface area contributed by atoms with E-state index in [-0.39, 0.29) is 18.1 Å². The average Bonchev–Trinajstić information content (AvgIpc) is 3.14. The van der Waals surface area contributed by atoms with Gasteiger partial charge in [0.1, 0.15) is 10.8 Å². The van der Waals surface area contributed by atoms with E-state index in [2.05, 4.69) is 20.2 Å². The molecule has 1 aromatic heterocycles. The van der Waals surface area contributed by atoms with Gasteiger partial charge in [0.25, 0.3) is 0 Å². The highest BCUT2D eigenvalue weighted by Crippen LogP contribution is 2.26. The highest BCUT2D eigenvalue weighted by molar-refractivity contribution is 7.10. The van der Waals surface area contributed by atoms with E-state index in [1.54, 1.807) is 26.0 Å². The summed E-state index contributed by atoms with van der Waals surface area (Å²) in [5, 5.41) is 6.54.